The van der Waals surface area contributed by atoms with E-state index in [4.69, 9.17) is 4.74 Å². The van der Waals surface area contributed by atoms with E-state index >= 15 is 0 Å². The van der Waals surface area contributed by atoms with E-state index in [1.807, 2.05) is 25.1 Å². The van der Waals surface area contributed by atoms with Gasteiger partial charge in [0.15, 0.2) is 0 Å². The number of piperazine rings is 1. The Labute approximate surface area is 272 Å². The second-order valence-electron chi connectivity index (χ2n) is 14.1. The molecule has 244 valence electrons. The number of sulfonamides is 1. The normalized spacial score (nSPS) is 25.8. The van der Waals surface area contributed by atoms with Crippen LogP contribution in [0.15, 0.2) is 60.9 Å². The third kappa shape index (κ3) is 6.88. The molecule has 9 nitrogen and oxygen atoms in total. The van der Waals surface area contributed by atoms with Gasteiger partial charge in [-0.15, -0.1) is 0 Å². The molecular formula is C36H44N4O5S. The van der Waals surface area contributed by atoms with Crippen molar-refractivity contribution in [3.63, 3.8) is 0 Å². The van der Waals surface area contributed by atoms with Crippen LogP contribution in [0.25, 0.3) is 11.1 Å². The number of nitrogens with zero attached hydrogens (tertiary/aromatic N) is 3. The summed E-state index contributed by atoms with van der Waals surface area (Å²) in [5, 5.41) is 9.92. The number of anilines is 1. The molecule has 4 saturated carbocycles. The first-order valence-electron chi connectivity index (χ1n) is 16.7. The molecule has 0 spiro atoms. The highest BCUT2D eigenvalue weighted by atomic mass is 32.2. The summed E-state index contributed by atoms with van der Waals surface area (Å²) < 4.78 is 34.6. The van der Waals surface area contributed by atoms with Gasteiger partial charge >= 0.3 is 0 Å². The van der Waals surface area contributed by atoms with Crippen LogP contribution < -0.4 is 14.4 Å². The molecule has 2 aromatic carbocycles. The third-order valence-electron chi connectivity index (χ3n) is 10.5. The number of rotatable bonds is 10. The van der Waals surface area contributed by atoms with E-state index in [0.29, 0.717) is 29.9 Å². The first-order valence-corrected chi connectivity index (χ1v) is 18.3. The molecule has 0 unspecified atom stereocenters. The minimum Gasteiger partial charge on any atom is -0.506 e. The minimum absolute atomic E-state index is 0.0713. The zero-order chi connectivity index (χ0) is 31.9. The fraction of sp³-hybridized carbons (Fsp3) is 0.500. The van der Waals surface area contributed by atoms with Crippen molar-refractivity contribution in [2.75, 3.05) is 43.4 Å². The van der Waals surface area contributed by atoms with Crippen LogP contribution in [-0.2, 0) is 16.6 Å². The molecule has 1 amide bonds. The smallest absolute Gasteiger partial charge is 0.264 e. The lowest BCUT2D eigenvalue weighted by molar-refractivity contribution is -0.0391. The van der Waals surface area contributed by atoms with Gasteiger partial charge in [-0.1, -0.05) is 0 Å². The number of benzene rings is 2. The number of pyridine rings is 1. The van der Waals surface area contributed by atoms with E-state index in [0.717, 1.165) is 80.1 Å². The molecule has 1 aromatic heterocycles. The van der Waals surface area contributed by atoms with E-state index in [9.17, 15) is 18.3 Å². The van der Waals surface area contributed by atoms with Crippen molar-refractivity contribution in [1.82, 2.24) is 14.6 Å². The molecule has 5 fully saturated rings. The molecule has 1 aliphatic heterocycles. The fourth-order valence-electron chi connectivity index (χ4n) is 9.11. The van der Waals surface area contributed by atoms with Gasteiger partial charge in [-0.05, 0) is 128 Å². The summed E-state index contributed by atoms with van der Waals surface area (Å²) in [4.78, 5) is 21.8. The Morgan fingerprint density at radius 1 is 0.935 bits per heavy atom. The van der Waals surface area contributed by atoms with Crippen LogP contribution in [0.1, 0.15) is 61.4 Å². The van der Waals surface area contributed by atoms with Crippen molar-refractivity contribution in [2.45, 2.75) is 52.0 Å². The molecule has 0 atom stereocenters. The summed E-state index contributed by atoms with van der Waals surface area (Å²) in [5.74, 6) is 2.45. The maximum absolute atomic E-state index is 13.2. The summed E-state index contributed by atoms with van der Waals surface area (Å²) in [6.45, 7) is 6.70. The minimum atomic E-state index is -3.72. The fourth-order valence-corrected chi connectivity index (χ4v) is 10.7. The molecule has 5 aliphatic rings. The van der Waals surface area contributed by atoms with Crippen LogP contribution in [0.5, 0.6) is 11.5 Å². The van der Waals surface area contributed by atoms with Crippen LogP contribution >= 0.6 is 0 Å². The maximum Gasteiger partial charge on any atom is 0.264 e. The molecule has 10 heteroatoms. The summed E-state index contributed by atoms with van der Waals surface area (Å²) >= 11 is 0. The van der Waals surface area contributed by atoms with E-state index in [1.165, 1.54) is 25.5 Å². The number of hydrogen-bond donors (Lipinski definition) is 2. The van der Waals surface area contributed by atoms with Crippen LogP contribution in [0, 0.1) is 23.2 Å². The molecule has 46 heavy (non-hydrogen) atoms. The van der Waals surface area contributed by atoms with Crippen LogP contribution in [0.3, 0.4) is 0 Å². The molecule has 2 heterocycles. The lowest BCUT2D eigenvalue weighted by Crippen LogP contribution is -2.51. The van der Waals surface area contributed by atoms with Crippen molar-refractivity contribution in [1.29, 1.82) is 0 Å². The lowest BCUT2D eigenvalue weighted by atomic mass is 9.50. The van der Waals surface area contributed by atoms with Crippen LogP contribution in [0.4, 0.5) is 5.69 Å². The highest BCUT2D eigenvalue weighted by Gasteiger charge is 2.52. The highest BCUT2D eigenvalue weighted by molar-refractivity contribution is 7.90. The van der Waals surface area contributed by atoms with Gasteiger partial charge in [0.25, 0.3) is 5.91 Å². The van der Waals surface area contributed by atoms with Crippen LogP contribution in [-0.4, -0.2) is 67.9 Å². The third-order valence-corrected chi connectivity index (χ3v) is 12.0. The van der Waals surface area contributed by atoms with Crippen molar-refractivity contribution >= 4 is 21.6 Å². The molecule has 3 aromatic rings. The Kier molecular flexibility index (Phi) is 8.44. The second-order valence-corrected chi connectivity index (χ2v) is 15.9. The summed E-state index contributed by atoms with van der Waals surface area (Å²) in [5.41, 5.74) is 4.15. The predicted octanol–water partition coefficient (Wildman–Crippen LogP) is 5.45. The van der Waals surface area contributed by atoms with E-state index in [-0.39, 0.29) is 16.9 Å². The molecular weight excluding hydrogens is 600 g/mol. The van der Waals surface area contributed by atoms with Gasteiger partial charge in [0.1, 0.15) is 11.5 Å². The zero-order valence-electron chi connectivity index (χ0n) is 26.5. The quantitative estimate of drug-likeness (QED) is 0.300. The van der Waals surface area contributed by atoms with Gasteiger partial charge in [0.2, 0.25) is 10.0 Å². The van der Waals surface area contributed by atoms with E-state index < -0.39 is 15.9 Å². The highest BCUT2D eigenvalue weighted by Crippen LogP contribution is 2.60. The maximum atomic E-state index is 13.2. The Hall–Kier alpha value is -3.63. The van der Waals surface area contributed by atoms with Crippen molar-refractivity contribution in [3.05, 3.63) is 72.1 Å². The first-order chi connectivity index (χ1) is 22.1. The van der Waals surface area contributed by atoms with Gasteiger partial charge in [0.05, 0.1) is 18.6 Å². The number of nitrogens with one attached hydrogen (secondary N) is 1. The molecule has 0 radical (unpaired) electrons. The van der Waals surface area contributed by atoms with Crippen LogP contribution in [0.2, 0.25) is 0 Å². The van der Waals surface area contributed by atoms with Gasteiger partial charge in [-0.25, -0.2) is 13.1 Å². The van der Waals surface area contributed by atoms with E-state index in [2.05, 4.69) is 31.6 Å². The van der Waals surface area contributed by atoms with Crippen molar-refractivity contribution < 1.29 is 23.1 Å². The number of carbonyl (C=O) groups is 1. The average Bonchev–Trinajstić information content (AvgIpc) is 3.00. The average molecular weight is 645 g/mol. The predicted molar refractivity (Wildman–Crippen MR) is 178 cm³/mol. The molecule has 1 saturated heterocycles. The topological polar surface area (TPSA) is 112 Å². The summed E-state index contributed by atoms with van der Waals surface area (Å²) in [7, 11) is -3.72. The Balaban J connectivity index is 0.939. The molecule has 2 N–H and O–H groups in total. The lowest BCUT2D eigenvalue weighted by Gasteiger charge is -2.56. The molecule has 4 aliphatic carbocycles. The second kappa shape index (κ2) is 12.5. The summed E-state index contributed by atoms with van der Waals surface area (Å²) in [6.07, 6.45) is 9.92. The monoisotopic (exact) mass is 644 g/mol. The Morgan fingerprint density at radius 3 is 2.24 bits per heavy atom. The number of hydrogen-bond acceptors (Lipinski definition) is 8. The number of aromatic nitrogens is 1. The Morgan fingerprint density at radius 2 is 1.61 bits per heavy atom. The Bertz CT molecular complexity index is 1650. The molecule has 8 rings (SSSR count). The largest absolute Gasteiger partial charge is 0.506 e. The van der Waals surface area contributed by atoms with Gasteiger partial charge in [-0.2, -0.15) is 0 Å². The van der Waals surface area contributed by atoms with E-state index in [1.54, 1.807) is 24.4 Å². The van der Waals surface area contributed by atoms with Gasteiger partial charge in [-0.3, -0.25) is 14.7 Å². The number of aromatic hydroxyl groups is 1. The zero-order valence-corrected chi connectivity index (χ0v) is 27.3. The summed E-state index contributed by atoms with van der Waals surface area (Å²) in [6, 6.07) is 15.2. The number of carbonyl (C=O) groups excluding carboxylic acids is 1. The SMILES string of the molecule is CCOc1cc(CN2CCN(c3ccc(C(=O)NS(=O)(=O)CC45CC6CC(CC(C6)C4)C5)cc3)CC2)cc(-c2cncc(O)c2)c1. The van der Waals surface area contributed by atoms with Crippen molar-refractivity contribution in [2.24, 2.45) is 23.2 Å². The van der Waals surface area contributed by atoms with Gasteiger partial charge < -0.3 is 14.7 Å². The van der Waals surface area contributed by atoms with Crippen molar-refractivity contribution in [3.8, 4) is 22.6 Å². The number of ether oxygens (including phenoxy) is 1. The molecule has 4 bridgehead atoms. The standard InChI is InChI=1S/C36H44N4O5S/c1-2-45-34-15-28(14-30(17-34)31-16-33(41)22-37-21-31)23-39-7-9-40(10-8-39)32-5-3-29(4-6-32)35(42)38-46(43,44)24-36-18-25-11-26(19-36)13-27(12-25)20-36/h3-6,14-17,21-22,25-27,41H,2,7-13,18-20,23-24H2,1H3,(H,38,42). The number of amides is 1. The first kappa shape index (κ1) is 31.0. The van der Waals surface area contributed by atoms with Gasteiger partial charge in [0, 0.05) is 55.7 Å².